The Hall–Kier alpha value is -1.58. The van der Waals surface area contributed by atoms with Gasteiger partial charge in [-0.3, -0.25) is 9.59 Å². The Kier molecular flexibility index (Phi) is 2.81. The number of aryl methyl sites for hydroxylation is 1. The van der Waals surface area contributed by atoms with Crippen LogP contribution in [-0.4, -0.2) is 23.3 Å². The number of carbonyl (C=O) groups excluding carboxylic acids is 2. The number of aromatic nitrogens is 1. The fourth-order valence-electron chi connectivity index (χ4n) is 2.40. The molecule has 4 heteroatoms. The predicted octanol–water partition coefficient (Wildman–Crippen LogP) is 1.37. The fourth-order valence-corrected chi connectivity index (χ4v) is 2.40. The Bertz CT molecular complexity index is 434. The van der Waals surface area contributed by atoms with Crippen molar-refractivity contribution in [2.75, 3.05) is 6.54 Å². The van der Waals surface area contributed by atoms with Gasteiger partial charge in [0.1, 0.15) is 6.04 Å². The fraction of sp³-hybridized carbons (Fsp3) is 0.500. The summed E-state index contributed by atoms with van der Waals surface area (Å²) in [6.45, 7) is 4.58. The quantitative estimate of drug-likeness (QED) is 0.765. The van der Waals surface area contributed by atoms with E-state index in [1.807, 2.05) is 24.5 Å². The standard InChI is InChI=1S/C12H16N2O2/c1-8-6-10(7-15)9(2)14(8)11-4-3-5-13-12(11)16/h6-7,11H,3-5H2,1-2H3,(H,13,16). The van der Waals surface area contributed by atoms with Crippen molar-refractivity contribution < 1.29 is 9.59 Å². The number of hydrogen-bond acceptors (Lipinski definition) is 2. The van der Waals surface area contributed by atoms with Crippen LogP contribution in [0, 0.1) is 13.8 Å². The van der Waals surface area contributed by atoms with Crippen molar-refractivity contribution in [3.05, 3.63) is 23.0 Å². The maximum Gasteiger partial charge on any atom is 0.243 e. The Morgan fingerprint density at radius 3 is 2.81 bits per heavy atom. The Morgan fingerprint density at radius 2 is 2.25 bits per heavy atom. The van der Waals surface area contributed by atoms with Crippen LogP contribution < -0.4 is 5.32 Å². The van der Waals surface area contributed by atoms with Gasteiger partial charge in [0.15, 0.2) is 6.29 Å². The van der Waals surface area contributed by atoms with Gasteiger partial charge in [0.05, 0.1) is 0 Å². The molecule has 16 heavy (non-hydrogen) atoms. The average Bonchev–Trinajstić information content (AvgIpc) is 2.55. The molecule has 0 bridgehead atoms. The molecule has 2 rings (SSSR count). The van der Waals surface area contributed by atoms with E-state index in [2.05, 4.69) is 5.32 Å². The molecular formula is C12H16N2O2. The number of nitrogens with one attached hydrogen (secondary N) is 1. The largest absolute Gasteiger partial charge is 0.354 e. The van der Waals surface area contributed by atoms with Crippen molar-refractivity contribution in [3.63, 3.8) is 0 Å². The van der Waals surface area contributed by atoms with Gasteiger partial charge in [-0.2, -0.15) is 0 Å². The minimum Gasteiger partial charge on any atom is -0.354 e. The molecule has 1 N–H and O–H groups in total. The van der Waals surface area contributed by atoms with Crippen molar-refractivity contribution in [2.45, 2.75) is 32.7 Å². The lowest BCUT2D eigenvalue weighted by Gasteiger charge is -2.26. The van der Waals surface area contributed by atoms with E-state index >= 15 is 0 Å². The topological polar surface area (TPSA) is 51.1 Å². The van der Waals surface area contributed by atoms with Crippen LogP contribution in [0.3, 0.4) is 0 Å². The normalized spacial score (nSPS) is 20.6. The molecule has 1 aliphatic rings. The summed E-state index contributed by atoms with van der Waals surface area (Å²) in [4.78, 5) is 22.6. The van der Waals surface area contributed by atoms with E-state index in [1.165, 1.54) is 0 Å². The van der Waals surface area contributed by atoms with Gasteiger partial charge in [0.25, 0.3) is 0 Å². The lowest BCUT2D eigenvalue weighted by molar-refractivity contribution is -0.125. The first kappa shape index (κ1) is 10.9. The molecule has 1 atom stereocenters. The molecule has 1 saturated heterocycles. The van der Waals surface area contributed by atoms with Crippen LogP contribution in [0.5, 0.6) is 0 Å². The molecule has 0 spiro atoms. The van der Waals surface area contributed by atoms with Crippen LogP contribution >= 0.6 is 0 Å². The molecule has 1 unspecified atom stereocenters. The Balaban J connectivity index is 2.42. The second-order valence-corrected chi connectivity index (χ2v) is 4.26. The number of rotatable bonds is 2. The number of amides is 1. The number of carbonyl (C=O) groups is 2. The SMILES string of the molecule is Cc1cc(C=O)c(C)n1C1CCCNC1=O. The zero-order valence-corrected chi connectivity index (χ0v) is 9.62. The third-order valence-electron chi connectivity index (χ3n) is 3.22. The molecule has 1 amide bonds. The summed E-state index contributed by atoms with van der Waals surface area (Å²) in [6.07, 6.45) is 2.68. The van der Waals surface area contributed by atoms with Gasteiger partial charge in [0, 0.05) is 23.5 Å². The van der Waals surface area contributed by atoms with Crippen LogP contribution in [0.1, 0.15) is 40.6 Å². The van der Waals surface area contributed by atoms with E-state index in [9.17, 15) is 9.59 Å². The van der Waals surface area contributed by atoms with E-state index in [-0.39, 0.29) is 11.9 Å². The van der Waals surface area contributed by atoms with E-state index in [0.29, 0.717) is 5.56 Å². The molecule has 1 fully saturated rings. The molecule has 1 aromatic rings. The van der Waals surface area contributed by atoms with Crippen molar-refractivity contribution in [3.8, 4) is 0 Å². The Morgan fingerprint density at radius 1 is 1.50 bits per heavy atom. The number of nitrogens with zero attached hydrogens (tertiary/aromatic N) is 1. The van der Waals surface area contributed by atoms with Gasteiger partial charge in [-0.1, -0.05) is 0 Å². The first-order valence-electron chi connectivity index (χ1n) is 5.56. The number of hydrogen-bond donors (Lipinski definition) is 1. The van der Waals surface area contributed by atoms with Crippen LogP contribution in [0.25, 0.3) is 0 Å². The van der Waals surface area contributed by atoms with Crippen molar-refractivity contribution >= 4 is 12.2 Å². The van der Waals surface area contributed by atoms with Gasteiger partial charge in [-0.15, -0.1) is 0 Å². The molecule has 0 aromatic carbocycles. The highest BCUT2D eigenvalue weighted by Crippen LogP contribution is 2.24. The van der Waals surface area contributed by atoms with E-state index < -0.39 is 0 Å². The molecule has 0 radical (unpaired) electrons. The summed E-state index contributed by atoms with van der Waals surface area (Å²) in [5.41, 5.74) is 2.53. The highest BCUT2D eigenvalue weighted by atomic mass is 16.2. The van der Waals surface area contributed by atoms with Gasteiger partial charge >= 0.3 is 0 Å². The monoisotopic (exact) mass is 220 g/mol. The number of piperidine rings is 1. The Labute approximate surface area is 94.6 Å². The molecule has 4 nitrogen and oxygen atoms in total. The smallest absolute Gasteiger partial charge is 0.243 e. The second kappa shape index (κ2) is 4.12. The molecule has 0 aliphatic carbocycles. The minimum atomic E-state index is -0.151. The van der Waals surface area contributed by atoms with Crippen molar-refractivity contribution in [1.29, 1.82) is 0 Å². The molecule has 86 valence electrons. The summed E-state index contributed by atoms with van der Waals surface area (Å²) in [5, 5.41) is 2.86. The third kappa shape index (κ3) is 1.64. The van der Waals surface area contributed by atoms with Crippen LogP contribution in [0.2, 0.25) is 0 Å². The molecule has 1 aliphatic heterocycles. The first-order chi connectivity index (χ1) is 7.65. The van der Waals surface area contributed by atoms with Gasteiger partial charge < -0.3 is 9.88 Å². The van der Waals surface area contributed by atoms with E-state index in [0.717, 1.165) is 37.1 Å². The molecule has 2 heterocycles. The number of aldehydes is 1. The van der Waals surface area contributed by atoms with Gasteiger partial charge in [-0.05, 0) is 32.8 Å². The highest BCUT2D eigenvalue weighted by Gasteiger charge is 2.26. The maximum absolute atomic E-state index is 11.8. The zero-order chi connectivity index (χ0) is 11.7. The molecule has 0 saturated carbocycles. The summed E-state index contributed by atoms with van der Waals surface area (Å²) >= 11 is 0. The zero-order valence-electron chi connectivity index (χ0n) is 9.62. The summed E-state index contributed by atoms with van der Waals surface area (Å²) in [5.74, 6) is 0.0606. The van der Waals surface area contributed by atoms with Crippen LogP contribution in [-0.2, 0) is 4.79 Å². The highest BCUT2D eigenvalue weighted by molar-refractivity contribution is 5.82. The molecule has 1 aromatic heterocycles. The third-order valence-corrected chi connectivity index (χ3v) is 3.22. The second-order valence-electron chi connectivity index (χ2n) is 4.26. The lowest BCUT2D eigenvalue weighted by Crippen LogP contribution is -2.38. The molecular weight excluding hydrogens is 204 g/mol. The van der Waals surface area contributed by atoms with Crippen LogP contribution in [0.15, 0.2) is 6.07 Å². The van der Waals surface area contributed by atoms with Gasteiger partial charge in [0.2, 0.25) is 5.91 Å². The maximum atomic E-state index is 11.8. The summed E-state index contributed by atoms with van der Waals surface area (Å²) < 4.78 is 1.97. The van der Waals surface area contributed by atoms with E-state index in [1.54, 1.807) is 0 Å². The van der Waals surface area contributed by atoms with Crippen LogP contribution in [0.4, 0.5) is 0 Å². The van der Waals surface area contributed by atoms with E-state index in [4.69, 9.17) is 0 Å². The minimum absolute atomic E-state index is 0.0606. The summed E-state index contributed by atoms with van der Waals surface area (Å²) in [7, 11) is 0. The predicted molar refractivity (Wildman–Crippen MR) is 60.6 cm³/mol. The summed E-state index contributed by atoms with van der Waals surface area (Å²) in [6, 6.07) is 1.69. The van der Waals surface area contributed by atoms with Crippen molar-refractivity contribution in [2.24, 2.45) is 0 Å². The van der Waals surface area contributed by atoms with Gasteiger partial charge in [-0.25, -0.2) is 0 Å². The first-order valence-corrected chi connectivity index (χ1v) is 5.56. The van der Waals surface area contributed by atoms with Crippen molar-refractivity contribution in [1.82, 2.24) is 9.88 Å². The average molecular weight is 220 g/mol. The lowest BCUT2D eigenvalue weighted by atomic mass is 10.1.